The van der Waals surface area contributed by atoms with Crippen LogP contribution in [0.1, 0.15) is 32.5 Å². The Morgan fingerprint density at radius 2 is 2.14 bits per heavy atom. The van der Waals surface area contributed by atoms with Crippen molar-refractivity contribution in [2.45, 2.75) is 45.8 Å². The van der Waals surface area contributed by atoms with Crippen LogP contribution in [-0.4, -0.2) is 38.7 Å². The number of aryl methyl sites for hydroxylation is 2. The number of hydrazine groups is 1. The van der Waals surface area contributed by atoms with Crippen molar-refractivity contribution in [1.29, 1.82) is 0 Å². The molecule has 2 aliphatic heterocycles. The number of allylic oxidation sites excluding steroid dienone is 3. The molecule has 0 fully saturated rings. The Balaban J connectivity index is 1.50. The number of methoxy groups -OCH3 is 1. The quantitative estimate of drug-likeness (QED) is 0.801. The molecular formula is C21H26N6O. The lowest BCUT2D eigenvalue weighted by atomic mass is 10.2. The zero-order valence-electron chi connectivity index (χ0n) is 16.6. The van der Waals surface area contributed by atoms with E-state index in [0.717, 1.165) is 60.2 Å². The van der Waals surface area contributed by atoms with Crippen molar-refractivity contribution in [3.05, 3.63) is 60.2 Å². The topological polar surface area (TPSA) is 67.6 Å². The molecule has 2 aromatic rings. The van der Waals surface area contributed by atoms with E-state index in [9.17, 15) is 0 Å². The Morgan fingerprint density at radius 3 is 2.89 bits per heavy atom. The third-order valence-corrected chi connectivity index (χ3v) is 5.00. The van der Waals surface area contributed by atoms with Crippen LogP contribution >= 0.6 is 0 Å². The second-order valence-corrected chi connectivity index (χ2v) is 6.99. The number of ether oxygens (including phenoxy) is 1. The molecule has 1 N–H and O–H groups in total. The summed E-state index contributed by atoms with van der Waals surface area (Å²) < 4.78 is 7.72. The second kappa shape index (κ2) is 7.88. The third kappa shape index (κ3) is 3.52. The lowest BCUT2D eigenvalue weighted by Crippen LogP contribution is -2.41. The van der Waals surface area contributed by atoms with Crippen LogP contribution in [0.5, 0.6) is 0 Å². The summed E-state index contributed by atoms with van der Waals surface area (Å²) in [6, 6.07) is 3.99. The highest BCUT2D eigenvalue weighted by atomic mass is 16.5. The summed E-state index contributed by atoms with van der Waals surface area (Å²) in [6.07, 6.45) is 12.4. The first kappa shape index (κ1) is 18.3. The number of nitrogens with one attached hydrogen (secondary N) is 1. The van der Waals surface area contributed by atoms with Gasteiger partial charge in [-0.3, -0.25) is 15.4 Å². The van der Waals surface area contributed by atoms with Gasteiger partial charge < -0.3 is 9.30 Å². The predicted molar refractivity (Wildman–Crippen MR) is 109 cm³/mol. The molecule has 0 aromatic carbocycles. The van der Waals surface area contributed by atoms with Crippen LogP contribution in [-0.2, 0) is 17.7 Å². The number of fused-ring (bicyclic) bond motifs is 1. The van der Waals surface area contributed by atoms with Gasteiger partial charge >= 0.3 is 0 Å². The molecule has 7 nitrogen and oxygen atoms in total. The van der Waals surface area contributed by atoms with Gasteiger partial charge in [-0.2, -0.15) is 0 Å². The molecular weight excluding hydrogens is 352 g/mol. The van der Waals surface area contributed by atoms with Crippen LogP contribution in [0.4, 0.5) is 0 Å². The maximum atomic E-state index is 5.47. The van der Waals surface area contributed by atoms with Gasteiger partial charge in [-0.15, -0.1) is 0 Å². The number of pyridine rings is 1. The molecule has 2 aliphatic rings. The molecule has 0 bridgehead atoms. The van der Waals surface area contributed by atoms with Gasteiger partial charge in [-0.05, 0) is 37.6 Å². The molecule has 28 heavy (non-hydrogen) atoms. The van der Waals surface area contributed by atoms with Gasteiger partial charge in [0.05, 0.1) is 12.8 Å². The van der Waals surface area contributed by atoms with Gasteiger partial charge in [0.25, 0.3) is 0 Å². The van der Waals surface area contributed by atoms with Crippen LogP contribution in [0, 0.1) is 0 Å². The number of hydrogen-bond donors (Lipinski definition) is 1. The van der Waals surface area contributed by atoms with Crippen LogP contribution in [0.15, 0.2) is 59.3 Å². The van der Waals surface area contributed by atoms with Crippen molar-refractivity contribution in [1.82, 2.24) is 25.0 Å². The van der Waals surface area contributed by atoms with Gasteiger partial charge in [0.2, 0.25) is 0 Å². The number of aliphatic imine (C=N–C) groups is 1. The van der Waals surface area contributed by atoms with E-state index in [0.29, 0.717) is 0 Å². The van der Waals surface area contributed by atoms with Gasteiger partial charge in [-0.1, -0.05) is 6.92 Å². The van der Waals surface area contributed by atoms with E-state index < -0.39 is 0 Å². The molecule has 4 heterocycles. The highest BCUT2D eigenvalue weighted by Gasteiger charge is 2.32. The Bertz CT molecular complexity index is 928. The van der Waals surface area contributed by atoms with Crippen LogP contribution in [0.25, 0.3) is 11.3 Å². The first-order chi connectivity index (χ1) is 13.7. The Hall–Kier alpha value is -3.09. The molecule has 0 spiro atoms. The lowest BCUT2D eigenvalue weighted by Gasteiger charge is -2.29. The minimum absolute atomic E-state index is 0.119. The monoisotopic (exact) mass is 378 g/mol. The molecule has 4 rings (SSSR count). The summed E-state index contributed by atoms with van der Waals surface area (Å²) in [7, 11) is 1.69. The normalized spacial score (nSPS) is 18.2. The number of rotatable bonds is 7. The predicted octanol–water partition coefficient (Wildman–Crippen LogP) is 3.28. The van der Waals surface area contributed by atoms with E-state index in [-0.39, 0.29) is 6.17 Å². The summed E-state index contributed by atoms with van der Waals surface area (Å²) in [5.41, 5.74) is 6.55. The SMILES string of the molecule is CCCn1cc(-c2cccnc2)nc1CCC1=NC2C(OC)=CC=C(C)N2N1. The molecule has 1 unspecified atom stereocenters. The van der Waals surface area contributed by atoms with Crippen molar-refractivity contribution in [2.75, 3.05) is 7.11 Å². The largest absolute Gasteiger partial charge is 0.497 e. The molecule has 0 saturated carbocycles. The summed E-state index contributed by atoms with van der Waals surface area (Å²) in [5.74, 6) is 2.88. The molecule has 146 valence electrons. The van der Waals surface area contributed by atoms with E-state index in [1.807, 2.05) is 35.5 Å². The molecule has 0 amide bonds. The average Bonchev–Trinajstić information content (AvgIpc) is 3.33. The second-order valence-electron chi connectivity index (χ2n) is 6.99. The first-order valence-electron chi connectivity index (χ1n) is 9.71. The summed E-state index contributed by atoms with van der Waals surface area (Å²) in [5, 5.41) is 2.05. The zero-order chi connectivity index (χ0) is 19.5. The van der Waals surface area contributed by atoms with E-state index in [1.165, 1.54) is 0 Å². The molecule has 0 aliphatic carbocycles. The molecule has 0 saturated heterocycles. The highest BCUT2D eigenvalue weighted by Crippen LogP contribution is 2.26. The van der Waals surface area contributed by atoms with Gasteiger partial charge in [0.1, 0.15) is 17.4 Å². The van der Waals surface area contributed by atoms with E-state index in [4.69, 9.17) is 14.7 Å². The van der Waals surface area contributed by atoms with Crippen molar-refractivity contribution in [3.8, 4) is 11.3 Å². The Labute approximate surface area is 165 Å². The van der Waals surface area contributed by atoms with Crippen molar-refractivity contribution < 1.29 is 4.74 Å². The minimum atomic E-state index is -0.119. The zero-order valence-corrected chi connectivity index (χ0v) is 16.6. The van der Waals surface area contributed by atoms with E-state index >= 15 is 0 Å². The maximum absolute atomic E-state index is 5.47. The smallest absolute Gasteiger partial charge is 0.198 e. The average molecular weight is 378 g/mol. The van der Waals surface area contributed by atoms with Crippen molar-refractivity contribution in [2.24, 2.45) is 4.99 Å². The fourth-order valence-corrected chi connectivity index (χ4v) is 3.54. The standard InChI is InChI=1S/C21H26N6O/c1-4-12-26-14-17(16-6-5-11-22-13-16)23-20(26)10-9-19-24-21-18(28-3)8-7-15(2)27(21)25-19/h5-8,11,13-14,21H,4,9-10,12H2,1-3H3,(H,24,25). The number of imidazole rings is 1. The maximum Gasteiger partial charge on any atom is 0.198 e. The van der Waals surface area contributed by atoms with Gasteiger partial charge in [-0.25, -0.2) is 9.98 Å². The van der Waals surface area contributed by atoms with Gasteiger partial charge in [0.15, 0.2) is 6.17 Å². The van der Waals surface area contributed by atoms with Gasteiger partial charge in [0, 0.05) is 49.2 Å². The third-order valence-electron chi connectivity index (χ3n) is 5.00. The molecule has 7 heteroatoms. The Kier molecular flexibility index (Phi) is 5.14. The van der Waals surface area contributed by atoms with Crippen molar-refractivity contribution in [3.63, 3.8) is 0 Å². The fourth-order valence-electron chi connectivity index (χ4n) is 3.54. The summed E-state index contributed by atoms with van der Waals surface area (Å²) >= 11 is 0. The molecule has 1 atom stereocenters. The highest BCUT2D eigenvalue weighted by molar-refractivity contribution is 5.84. The van der Waals surface area contributed by atoms with Crippen LogP contribution in [0.2, 0.25) is 0 Å². The molecule has 2 aromatic heterocycles. The number of hydrogen-bond acceptors (Lipinski definition) is 6. The Morgan fingerprint density at radius 1 is 1.25 bits per heavy atom. The summed E-state index contributed by atoms with van der Waals surface area (Å²) in [4.78, 5) is 13.9. The molecule has 0 radical (unpaired) electrons. The van der Waals surface area contributed by atoms with Crippen LogP contribution < -0.4 is 5.43 Å². The first-order valence-corrected chi connectivity index (χ1v) is 9.71. The van der Waals surface area contributed by atoms with Crippen LogP contribution in [0.3, 0.4) is 0 Å². The van der Waals surface area contributed by atoms with E-state index in [2.05, 4.69) is 35.0 Å². The number of aromatic nitrogens is 3. The minimum Gasteiger partial charge on any atom is -0.497 e. The van der Waals surface area contributed by atoms with Crippen molar-refractivity contribution >= 4 is 5.84 Å². The van der Waals surface area contributed by atoms with E-state index in [1.54, 1.807) is 13.3 Å². The number of nitrogens with zero attached hydrogens (tertiary/aromatic N) is 5. The lowest BCUT2D eigenvalue weighted by molar-refractivity contribution is 0.175. The number of amidine groups is 1. The fraction of sp³-hybridized carbons (Fsp3) is 0.381. The summed E-state index contributed by atoms with van der Waals surface area (Å²) in [6.45, 7) is 5.20.